The summed E-state index contributed by atoms with van der Waals surface area (Å²) in [4.78, 5) is 11.2. The molecule has 0 saturated carbocycles. The third-order valence-corrected chi connectivity index (χ3v) is 2.10. The number of hydrogen-bond acceptors (Lipinski definition) is 4. The second-order valence-corrected chi connectivity index (χ2v) is 3.48. The molecule has 0 aliphatic rings. The minimum Gasteiger partial charge on any atom is -0.365 e. The van der Waals surface area contributed by atoms with Gasteiger partial charge in [-0.15, -0.1) is 16.5 Å². The van der Waals surface area contributed by atoms with Crippen LogP contribution in [0.5, 0.6) is 0 Å². The van der Waals surface area contributed by atoms with E-state index >= 15 is 0 Å². The molecular formula is C7H10N4OS. The number of amides is 1. The number of carbonyl (C=O) groups is 1. The Hall–Kier alpha value is -1.43. The van der Waals surface area contributed by atoms with Crippen LogP contribution in [0.25, 0.3) is 0 Å². The van der Waals surface area contributed by atoms with Gasteiger partial charge in [0.1, 0.15) is 0 Å². The maximum atomic E-state index is 10.7. The van der Waals surface area contributed by atoms with Gasteiger partial charge in [-0.25, -0.2) is 0 Å². The van der Waals surface area contributed by atoms with Gasteiger partial charge in [-0.2, -0.15) is 0 Å². The van der Waals surface area contributed by atoms with Crippen molar-refractivity contribution in [2.45, 2.75) is 0 Å². The van der Waals surface area contributed by atoms with Crippen molar-refractivity contribution in [3.8, 4) is 0 Å². The van der Waals surface area contributed by atoms with Crippen LogP contribution in [0.15, 0.2) is 21.8 Å². The lowest BCUT2D eigenvalue weighted by Gasteiger charge is -1.98. The molecule has 13 heavy (non-hydrogen) atoms. The summed E-state index contributed by atoms with van der Waals surface area (Å²) in [7, 11) is 3.54. The SMILES string of the molecule is CN(C)N=Nc1csc(C(N)=O)c1. The van der Waals surface area contributed by atoms with Crippen LogP contribution in [0.1, 0.15) is 9.67 Å². The number of thiophene rings is 1. The molecule has 0 aliphatic heterocycles. The van der Waals surface area contributed by atoms with Gasteiger partial charge in [0.25, 0.3) is 5.91 Å². The maximum Gasteiger partial charge on any atom is 0.258 e. The molecule has 70 valence electrons. The Bertz CT molecular complexity index is 331. The summed E-state index contributed by atoms with van der Waals surface area (Å²) in [6.45, 7) is 0. The fraction of sp³-hybridized carbons (Fsp3) is 0.286. The fourth-order valence-electron chi connectivity index (χ4n) is 0.649. The van der Waals surface area contributed by atoms with E-state index in [9.17, 15) is 4.79 Å². The van der Waals surface area contributed by atoms with Gasteiger partial charge in [0, 0.05) is 19.5 Å². The molecule has 1 amide bonds. The van der Waals surface area contributed by atoms with Crippen LogP contribution in [-0.4, -0.2) is 25.0 Å². The normalized spacial score (nSPS) is 10.6. The van der Waals surface area contributed by atoms with Crippen molar-refractivity contribution in [1.29, 1.82) is 0 Å². The van der Waals surface area contributed by atoms with Crippen molar-refractivity contribution in [2.24, 2.45) is 16.1 Å². The van der Waals surface area contributed by atoms with Gasteiger partial charge in [0.15, 0.2) is 0 Å². The molecule has 0 fully saturated rings. The van der Waals surface area contributed by atoms with Crippen molar-refractivity contribution < 1.29 is 4.79 Å². The molecule has 1 aromatic rings. The quantitative estimate of drug-likeness (QED) is 0.589. The number of nitrogens with zero attached hydrogens (tertiary/aromatic N) is 3. The first kappa shape index (κ1) is 9.66. The van der Waals surface area contributed by atoms with Crippen molar-refractivity contribution in [3.05, 3.63) is 16.3 Å². The highest BCUT2D eigenvalue weighted by molar-refractivity contribution is 7.12. The molecule has 0 bridgehead atoms. The molecule has 1 aromatic heterocycles. The van der Waals surface area contributed by atoms with E-state index in [1.807, 2.05) is 0 Å². The van der Waals surface area contributed by atoms with Gasteiger partial charge in [0.2, 0.25) is 0 Å². The molecule has 1 heterocycles. The Morgan fingerprint density at radius 3 is 2.77 bits per heavy atom. The lowest BCUT2D eigenvalue weighted by Crippen LogP contribution is -2.07. The summed E-state index contributed by atoms with van der Waals surface area (Å²) >= 11 is 1.26. The van der Waals surface area contributed by atoms with Gasteiger partial charge in [0.05, 0.1) is 10.6 Å². The molecule has 5 nitrogen and oxygen atoms in total. The zero-order valence-corrected chi connectivity index (χ0v) is 8.21. The van der Waals surface area contributed by atoms with E-state index in [2.05, 4.69) is 10.3 Å². The smallest absolute Gasteiger partial charge is 0.258 e. The van der Waals surface area contributed by atoms with Crippen LogP contribution in [-0.2, 0) is 0 Å². The van der Waals surface area contributed by atoms with Gasteiger partial charge in [-0.3, -0.25) is 9.80 Å². The molecule has 0 aromatic carbocycles. The highest BCUT2D eigenvalue weighted by Gasteiger charge is 2.03. The molecule has 2 N–H and O–H groups in total. The summed E-state index contributed by atoms with van der Waals surface area (Å²) in [6.07, 6.45) is 0. The van der Waals surface area contributed by atoms with E-state index in [0.717, 1.165) is 0 Å². The highest BCUT2D eigenvalue weighted by atomic mass is 32.1. The largest absolute Gasteiger partial charge is 0.365 e. The predicted molar refractivity (Wildman–Crippen MR) is 51.0 cm³/mol. The Balaban J connectivity index is 2.75. The Morgan fingerprint density at radius 2 is 2.31 bits per heavy atom. The van der Waals surface area contributed by atoms with Crippen molar-refractivity contribution in [2.75, 3.05) is 14.1 Å². The predicted octanol–water partition coefficient (Wildman–Crippen LogP) is 1.41. The van der Waals surface area contributed by atoms with Crippen molar-refractivity contribution >= 4 is 22.9 Å². The highest BCUT2D eigenvalue weighted by Crippen LogP contribution is 2.21. The zero-order chi connectivity index (χ0) is 9.84. The van der Waals surface area contributed by atoms with Crippen LogP contribution < -0.4 is 5.73 Å². The van der Waals surface area contributed by atoms with Gasteiger partial charge in [-0.1, -0.05) is 5.22 Å². The molecule has 6 heteroatoms. The second kappa shape index (κ2) is 3.99. The standard InChI is InChI=1S/C7H10N4OS/c1-11(2)10-9-5-3-6(7(8)12)13-4-5/h3-4H,1-2H3,(H2,8,12). The third-order valence-electron chi connectivity index (χ3n) is 1.17. The first-order chi connectivity index (χ1) is 6.09. The van der Waals surface area contributed by atoms with E-state index in [-0.39, 0.29) is 0 Å². The Kier molecular flexibility index (Phi) is 2.97. The van der Waals surface area contributed by atoms with Gasteiger partial charge in [-0.05, 0) is 6.07 Å². The number of primary amides is 1. The summed E-state index contributed by atoms with van der Waals surface area (Å²) in [6, 6.07) is 1.61. The van der Waals surface area contributed by atoms with Crippen LogP contribution in [0.4, 0.5) is 5.69 Å². The van der Waals surface area contributed by atoms with Crippen molar-refractivity contribution in [3.63, 3.8) is 0 Å². The molecule has 0 spiro atoms. The minimum atomic E-state index is -0.434. The Morgan fingerprint density at radius 1 is 1.62 bits per heavy atom. The first-order valence-electron chi connectivity index (χ1n) is 3.57. The molecular weight excluding hydrogens is 188 g/mol. The van der Waals surface area contributed by atoms with Crippen LogP contribution in [0, 0.1) is 0 Å². The molecule has 0 unspecified atom stereocenters. The van der Waals surface area contributed by atoms with Crippen molar-refractivity contribution in [1.82, 2.24) is 5.01 Å². The van der Waals surface area contributed by atoms with E-state index in [1.165, 1.54) is 11.3 Å². The van der Waals surface area contributed by atoms with Crippen LogP contribution >= 0.6 is 11.3 Å². The van der Waals surface area contributed by atoms with E-state index < -0.39 is 5.91 Å². The summed E-state index contributed by atoms with van der Waals surface area (Å²) in [5, 5.41) is 10.9. The average Bonchev–Trinajstić information content (AvgIpc) is 2.48. The summed E-state index contributed by atoms with van der Waals surface area (Å²) < 4.78 is 0. The lowest BCUT2D eigenvalue weighted by atomic mass is 10.4. The number of carbonyl (C=O) groups excluding carboxylic acids is 1. The van der Waals surface area contributed by atoms with Gasteiger partial charge < -0.3 is 5.73 Å². The molecule has 0 atom stereocenters. The topological polar surface area (TPSA) is 71.1 Å². The van der Waals surface area contributed by atoms with E-state index in [0.29, 0.717) is 10.6 Å². The molecule has 0 radical (unpaired) electrons. The number of hydrogen-bond donors (Lipinski definition) is 1. The monoisotopic (exact) mass is 198 g/mol. The van der Waals surface area contributed by atoms with Gasteiger partial charge >= 0.3 is 0 Å². The zero-order valence-electron chi connectivity index (χ0n) is 7.39. The van der Waals surface area contributed by atoms with E-state index in [1.54, 1.807) is 30.6 Å². The molecule has 0 saturated heterocycles. The van der Waals surface area contributed by atoms with Crippen LogP contribution in [0.3, 0.4) is 0 Å². The third kappa shape index (κ3) is 2.83. The summed E-state index contributed by atoms with van der Waals surface area (Å²) in [5.41, 5.74) is 5.72. The number of rotatable bonds is 3. The van der Waals surface area contributed by atoms with E-state index in [4.69, 9.17) is 5.73 Å². The first-order valence-corrected chi connectivity index (χ1v) is 4.45. The lowest BCUT2D eigenvalue weighted by molar-refractivity contribution is 0.100. The average molecular weight is 198 g/mol. The maximum absolute atomic E-state index is 10.7. The van der Waals surface area contributed by atoms with Crippen LogP contribution in [0.2, 0.25) is 0 Å². The molecule has 1 rings (SSSR count). The fourth-order valence-corrected chi connectivity index (χ4v) is 1.32. The second-order valence-electron chi connectivity index (χ2n) is 2.57. The molecule has 0 aliphatic carbocycles. The Labute approximate surface area is 79.8 Å². The summed E-state index contributed by atoms with van der Waals surface area (Å²) in [5.74, 6) is -0.434. The number of nitrogens with two attached hydrogens (primary N) is 1. The minimum absolute atomic E-state index is 0.434.